The molecule has 0 amide bonds. The third-order valence-electron chi connectivity index (χ3n) is 2.86. The largest absolute Gasteiger partial charge is 0.606 e. The summed E-state index contributed by atoms with van der Waals surface area (Å²) in [6.07, 6.45) is -0.289. The summed E-state index contributed by atoms with van der Waals surface area (Å²) in [5, 5.41) is 0. The molecule has 1 aromatic carbocycles. The molecule has 0 radical (unpaired) electrons. The summed E-state index contributed by atoms with van der Waals surface area (Å²) in [4.78, 5) is 12.0. The lowest BCUT2D eigenvalue weighted by Gasteiger charge is -2.41. The molecule has 0 N–H and O–H groups in total. The van der Waals surface area contributed by atoms with Gasteiger partial charge >= 0.3 is 8.17 Å². The van der Waals surface area contributed by atoms with Gasteiger partial charge in [-0.05, 0) is 5.56 Å². The third kappa shape index (κ3) is 2.67. The molecule has 1 aliphatic rings. The molecule has 2 atom stereocenters. The molecule has 0 bridgehead atoms. The van der Waals surface area contributed by atoms with E-state index in [2.05, 4.69) is 0 Å². The van der Waals surface area contributed by atoms with Crippen molar-refractivity contribution in [2.75, 3.05) is 13.7 Å². The fourth-order valence-electron chi connectivity index (χ4n) is 1.86. The van der Waals surface area contributed by atoms with Gasteiger partial charge in [0.25, 0.3) is 0 Å². The van der Waals surface area contributed by atoms with E-state index < -0.39 is 8.17 Å². The molecule has 0 saturated carbocycles. The number of phosphoric ester groups is 1. The minimum absolute atomic E-state index is 0.242. The monoisotopic (exact) mass is 256 g/mol. The molecule has 4 nitrogen and oxygen atoms in total. The lowest BCUT2D eigenvalue weighted by molar-refractivity contribution is -0.271. The molecule has 0 spiro atoms. The average Bonchev–Trinajstić information content (AvgIpc) is 2.34. The van der Waals surface area contributed by atoms with E-state index in [0.29, 0.717) is 6.61 Å². The molecule has 0 aliphatic carbocycles. The summed E-state index contributed by atoms with van der Waals surface area (Å²) < 4.78 is 15.6. The van der Waals surface area contributed by atoms with Crippen LogP contribution in [0.5, 0.6) is 0 Å². The second-order valence-corrected chi connectivity index (χ2v) is 6.52. The first kappa shape index (κ1) is 12.9. The van der Waals surface area contributed by atoms with Crippen molar-refractivity contribution in [2.24, 2.45) is 5.41 Å². The number of phosphoric acid groups is 1. The summed E-state index contributed by atoms with van der Waals surface area (Å²) in [5.74, 6) is 0. The van der Waals surface area contributed by atoms with E-state index in [1.807, 2.05) is 44.2 Å². The number of rotatable bonds is 2. The highest BCUT2D eigenvalue weighted by Gasteiger charge is 2.49. The van der Waals surface area contributed by atoms with Crippen molar-refractivity contribution in [3.63, 3.8) is 0 Å². The lowest BCUT2D eigenvalue weighted by Crippen LogP contribution is -2.38. The molecule has 2 unspecified atom stereocenters. The van der Waals surface area contributed by atoms with Crippen LogP contribution in [0.2, 0.25) is 0 Å². The Kier molecular flexibility index (Phi) is 3.53. The summed E-state index contributed by atoms with van der Waals surface area (Å²) in [7, 11) is -2.06. The SMILES string of the molecule is CO[P+]1([O-])OCC(C)(C)C(c2ccccc2)O1. The molecule has 1 aromatic rings. The van der Waals surface area contributed by atoms with Crippen LogP contribution in [-0.4, -0.2) is 13.7 Å². The first-order valence-electron chi connectivity index (χ1n) is 5.50. The molecule has 17 heavy (non-hydrogen) atoms. The van der Waals surface area contributed by atoms with Crippen molar-refractivity contribution >= 4 is 8.17 Å². The zero-order valence-corrected chi connectivity index (χ0v) is 11.1. The molecule has 94 valence electrons. The Labute approximate surface area is 102 Å². The zero-order chi connectivity index (χ0) is 12.5. The van der Waals surface area contributed by atoms with E-state index in [-0.39, 0.29) is 11.5 Å². The average molecular weight is 256 g/mol. The molecule has 1 saturated heterocycles. The predicted octanol–water partition coefficient (Wildman–Crippen LogP) is 2.49. The topological polar surface area (TPSA) is 50.8 Å². The van der Waals surface area contributed by atoms with E-state index in [0.717, 1.165) is 5.56 Å². The summed E-state index contributed by atoms with van der Waals surface area (Å²) in [6.45, 7) is 4.38. The van der Waals surface area contributed by atoms with Crippen LogP contribution >= 0.6 is 8.17 Å². The number of hydrogen-bond acceptors (Lipinski definition) is 4. The summed E-state index contributed by atoms with van der Waals surface area (Å²) >= 11 is 0. The quantitative estimate of drug-likeness (QED) is 0.763. The smallest absolute Gasteiger partial charge is 0.379 e. The van der Waals surface area contributed by atoms with Crippen LogP contribution in [0.4, 0.5) is 0 Å². The zero-order valence-electron chi connectivity index (χ0n) is 10.3. The first-order chi connectivity index (χ1) is 7.97. The molecule has 5 heteroatoms. The van der Waals surface area contributed by atoms with Crippen LogP contribution in [0.3, 0.4) is 0 Å². The molecular weight excluding hydrogens is 239 g/mol. The van der Waals surface area contributed by atoms with Gasteiger partial charge in [0, 0.05) is 5.41 Å². The molecule has 2 rings (SSSR count). The van der Waals surface area contributed by atoms with Crippen molar-refractivity contribution < 1.29 is 18.5 Å². The second-order valence-electron chi connectivity index (χ2n) is 4.79. The van der Waals surface area contributed by atoms with E-state index in [1.165, 1.54) is 7.11 Å². The Balaban J connectivity index is 2.29. The van der Waals surface area contributed by atoms with Crippen LogP contribution < -0.4 is 4.89 Å². The lowest BCUT2D eigenvalue weighted by atomic mass is 9.83. The second kappa shape index (κ2) is 4.63. The Morgan fingerprint density at radius 2 is 2.00 bits per heavy atom. The first-order valence-corrected chi connectivity index (χ1v) is 6.97. The van der Waals surface area contributed by atoms with Gasteiger partial charge in [-0.3, -0.25) is 0 Å². The van der Waals surface area contributed by atoms with Gasteiger partial charge in [0.1, 0.15) is 12.7 Å². The molecular formula is C12H17O4P. The van der Waals surface area contributed by atoms with E-state index in [9.17, 15) is 4.89 Å². The standard InChI is InChI=1S/C12H17O4P/c1-12(2)9-15-17(13,14-3)16-11(12)10-7-5-4-6-8-10/h4-8,11H,9H2,1-3H3. The van der Waals surface area contributed by atoms with Crippen molar-refractivity contribution in [1.82, 2.24) is 0 Å². The minimum Gasteiger partial charge on any atom is -0.606 e. The van der Waals surface area contributed by atoms with Crippen LogP contribution in [0.15, 0.2) is 30.3 Å². The van der Waals surface area contributed by atoms with Crippen molar-refractivity contribution in [1.29, 1.82) is 0 Å². The Hall–Kier alpha value is -0.510. The Bertz CT molecular complexity index is 381. The van der Waals surface area contributed by atoms with Gasteiger partial charge in [-0.1, -0.05) is 44.2 Å². The highest BCUT2D eigenvalue weighted by molar-refractivity contribution is 7.54. The van der Waals surface area contributed by atoms with Gasteiger partial charge in [0.2, 0.25) is 0 Å². The van der Waals surface area contributed by atoms with Crippen molar-refractivity contribution in [3.8, 4) is 0 Å². The van der Waals surface area contributed by atoms with Crippen molar-refractivity contribution in [2.45, 2.75) is 20.0 Å². The maximum Gasteiger partial charge on any atom is 0.379 e. The molecule has 1 fully saturated rings. The normalized spacial score (nSPS) is 32.4. The van der Waals surface area contributed by atoms with E-state index in [4.69, 9.17) is 13.6 Å². The van der Waals surface area contributed by atoms with Crippen LogP contribution in [0.25, 0.3) is 0 Å². The number of hydrogen-bond donors (Lipinski definition) is 0. The molecule has 1 heterocycles. The van der Waals surface area contributed by atoms with E-state index in [1.54, 1.807) is 0 Å². The van der Waals surface area contributed by atoms with Gasteiger partial charge in [-0.2, -0.15) is 13.6 Å². The Morgan fingerprint density at radius 3 is 2.59 bits per heavy atom. The van der Waals surface area contributed by atoms with Gasteiger partial charge in [0.15, 0.2) is 0 Å². The highest BCUT2D eigenvalue weighted by Crippen LogP contribution is 2.63. The Morgan fingerprint density at radius 1 is 1.35 bits per heavy atom. The third-order valence-corrected chi connectivity index (χ3v) is 4.23. The summed E-state index contributed by atoms with van der Waals surface area (Å²) in [5.41, 5.74) is 0.742. The predicted molar refractivity (Wildman–Crippen MR) is 63.9 cm³/mol. The fourth-order valence-corrected chi connectivity index (χ4v) is 3.27. The van der Waals surface area contributed by atoms with Gasteiger partial charge in [0.05, 0.1) is 7.11 Å². The molecule has 0 aromatic heterocycles. The minimum atomic E-state index is -3.40. The summed E-state index contributed by atoms with van der Waals surface area (Å²) in [6, 6.07) is 9.71. The van der Waals surface area contributed by atoms with Gasteiger partial charge < -0.3 is 4.89 Å². The maximum atomic E-state index is 12.0. The van der Waals surface area contributed by atoms with Gasteiger partial charge in [-0.15, -0.1) is 0 Å². The van der Waals surface area contributed by atoms with Crippen LogP contribution in [-0.2, 0) is 13.6 Å². The van der Waals surface area contributed by atoms with E-state index >= 15 is 0 Å². The fraction of sp³-hybridized carbons (Fsp3) is 0.500. The maximum absolute atomic E-state index is 12.0. The van der Waals surface area contributed by atoms with Crippen LogP contribution in [0.1, 0.15) is 25.5 Å². The highest BCUT2D eigenvalue weighted by atomic mass is 31.2. The molecule has 1 aliphatic heterocycles. The number of benzene rings is 1. The van der Waals surface area contributed by atoms with Gasteiger partial charge in [-0.25, -0.2) is 0 Å². The van der Waals surface area contributed by atoms with Crippen LogP contribution in [0, 0.1) is 5.41 Å². The van der Waals surface area contributed by atoms with Crippen molar-refractivity contribution in [3.05, 3.63) is 35.9 Å².